The molecule has 1 aliphatic heterocycles. The van der Waals surface area contributed by atoms with E-state index in [1.165, 1.54) is 0 Å². The first kappa shape index (κ1) is 16.8. The number of nitrogens with zero attached hydrogens (tertiary/aromatic N) is 1. The fraction of sp³-hybridized carbons (Fsp3) is 0.389. The quantitative estimate of drug-likeness (QED) is 0.866. The molecule has 0 bridgehead atoms. The van der Waals surface area contributed by atoms with Crippen molar-refractivity contribution in [2.45, 2.75) is 31.5 Å². The van der Waals surface area contributed by atoms with E-state index in [-0.39, 0.29) is 6.42 Å². The van der Waals surface area contributed by atoms with Gasteiger partial charge < -0.3 is 10.1 Å². The van der Waals surface area contributed by atoms with Crippen LogP contribution in [0, 0.1) is 0 Å². The summed E-state index contributed by atoms with van der Waals surface area (Å²) in [6.45, 7) is 1.62. The molecule has 1 fully saturated rings. The summed E-state index contributed by atoms with van der Waals surface area (Å²) in [6, 6.07) is 9.39. The average molecular weight is 336 g/mol. The molecule has 24 heavy (non-hydrogen) atoms. The van der Waals surface area contributed by atoms with E-state index in [1.807, 2.05) is 12.1 Å². The number of alkyl halides is 3. The first-order valence-corrected chi connectivity index (χ1v) is 7.97. The molecule has 0 spiro atoms. The van der Waals surface area contributed by atoms with Gasteiger partial charge in [-0.05, 0) is 36.6 Å². The minimum Gasteiger partial charge on any atom is -0.490 e. The van der Waals surface area contributed by atoms with Crippen molar-refractivity contribution in [2.24, 2.45) is 0 Å². The lowest BCUT2D eigenvalue weighted by Gasteiger charge is -2.27. The maximum Gasteiger partial charge on any atom is 0.389 e. The van der Waals surface area contributed by atoms with Gasteiger partial charge in [0.05, 0.1) is 6.20 Å². The molecule has 0 saturated carbocycles. The Hall–Kier alpha value is -2.08. The minimum absolute atomic E-state index is 0.0195. The third-order valence-corrected chi connectivity index (χ3v) is 4.05. The Morgan fingerprint density at radius 2 is 2.00 bits per heavy atom. The summed E-state index contributed by atoms with van der Waals surface area (Å²) in [5.41, 5.74) is 2.34. The number of aryl methyl sites for hydroxylation is 1. The van der Waals surface area contributed by atoms with Crippen molar-refractivity contribution in [3.63, 3.8) is 0 Å². The molecule has 1 saturated heterocycles. The van der Waals surface area contributed by atoms with E-state index in [9.17, 15) is 13.2 Å². The largest absolute Gasteiger partial charge is 0.490 e. The second-order valence-electron chi connectivity index (χ2n) is 5.98. The van der Waals surface area contributed by atoms with Gasteiger partial charge in [0.1, 0.15) is 12.4 Å². The van der Waals surface area contributed by atoms with Crippen molar-refractivity contribution in [1.29, 1.82) is 0 Å². The van der Waals surface area contributed by atoms with Gasteiger partial charge in [0.2, 0.25) is 0 Å². The molecular weight excluding hydrogens is 317 g/mol. The van der Waals surface area contributed by atoms with Crippen LogP contribution in [0.25, 0.3) is 11.1 Å². The van der Waals surface area contributed by atoms with Crippen LogP contribution in [-0.4, -0.2) is 30.4 Å². The zero-order valence-corrected chi connectivity index (χ0v) is 13.1. The Kier molecular flexibility index (Phi) is 5.04. The van der Waals surface area contributed by atoms with Crippen molar-refractivity contribution < 1.29 is 17.9 Å². The van der Waals surface area contributed by atoms with Gasteiger partial charge in [-0.25, -0.2) is 0 Å². The molecule has 6 heteroatoms. The van der Waals surface area contributed by atoms with E-state index >= 15 is 0 Å². The van der Waals surface area contributed by atoms with Crippen LogP contribution in [-0.2, 0) is 6.42 Å². The second kappa shape index (κ2) is 7.21. The van der Waals surface area contributed by atoms with E-state index in [1.54, 1.807) is 30.6 Å². The fourth-order valence-corrected chi connectivity index (χ4v) is 2.54. The summed E-state index contributed by atoms with van der Waals surface area (Å²) in [4.78, 5) is 4.17. The summed E-state index contributed by atoms with van der Waals surface area (Å²) in [5.74, 6) is 0.668. The molecular formula is C18H19F3N2O. The standard InChI is InChI=1S/C18H19F3N2O/c19-18(20,21)6-4-13-2-1-3-14(8-13)15-9-17(11-22-10-15)24-12-16-5-7-23-16/h1-3,8-11,16,23H,4-7,12H2. The van der Waals surface area contributed by atoms with Crippen LogP contribution < -0.4 is 10.1 Å². The fourth-order valence-electron chi connectivity index (χ4n) is 2.54. The van der Waals surface area contributed by atoms with Gasteiger partial charge in [-0.1, -0.05) is 24.3 Å². The highest BCUT2D eigenvalue weighted by atomic mass is 19.4. The van der Waals surface area contributed by atoms with Crippen LogP contribution >= 0.6 is 0 Å². The monoisotopic (exact) mass is 336 g/mol. The van der Waals surface area contributed by atoms with Crippen molar-refractivity contribution in [2.75, 3.05) is 13.2 Å². The summed E-state index contributed by atoms with van der Waals surface area (Å²) in [7, 11) is 0. The van der Waals surface area contributed by atoms with Crippen molar-refractivity contribution in [1.82, 2.24) is 10.3 Å². The minimum atomic E-state index is -4.14. The van der Waals surface area contributed by atoms with Crippen LogP contribution in [0.3, 0.4) is 0 Å². The smallest absolute Gasteiger partial charge is 0.389 e. The van der Waals surface area contributed by atoms with Gasteiger partial charge in [-0.3, -0.25) is 4.98 Å². The molecule has 0 aliphatic carbocycles. The van der Waals surface area contributed by atoms with Crippen LogP contribution in [0.2, 0.25) is 0 Å². The van der Waals surface area contributed by atoms with Gasteiger partial charge >= 0.3 is 6.18 Å². The number of aromatic nitrogens is 1. The number of hydrogen-bond acceptors (Lipinski definition) is 3. The molecule has 1 unspecified atom stereocenters. The Balaban J connectivity index is 1.68. The molecule has 2 aromatic rings. The van der Waals surface area contributed by atoms with Gasteiger partial charge in [-0.2, -0.15) is 13.2 Å². The number of rotatable bonds is 6. The first-order valence-electron chi connectivity index (χ1n) is 7.97. The second-order valence-corrected chi connectivity index (χ2v) is 5.98. The van der Waals surface area contributed by atoms with E-state index in [4.69, 9.17) is 4.74 Å². The third kappa shape index (κ3) is 4.71. The molecule has 128 valence electrons. The lowest BCUT2D eigenvalue weighted by atomic mass is 10.0. The highest BCUT2D eigenvalue weighted by Crippen LogP contribution is 2.26. The number of nitrogens with one attached hydrogen (secondary N) is 1. The zero-order chi connectivity index (χ0) is 17.0. The maximum atomic E-state index is 12.4. The lowest BCUT2D eigenvalue weighted by molar-refractivity contribution is -0.133. The van der Waals surface area contributed by atoms with Crippen molar-refractivity contribution in [3.8, 4) is 16.9 Å². The summed E-state index contributed by atoms with van der Waals surface area (Å²) in [6.07, 6.45) is -0.525. The first-order chi connectivity index (χ1) is 11.5. The van der Waals surface area contributed by atoms with Gasteiger partial charge in [0, 0.05) is 24.2 Å². The van der Waals surface area contributed by atoms with E-state index < -0.39 is 12.6 Å². The van der Waals surface area contributed by atoms with E-state index in [2.05, 4.69) is 10.3 Å². The van der Waals surface area contributed by atoms with Crippen LogP contribution in [0.4, 0.5) is 13.2 Å². The number of hydrogen-bond donors (Lipinski definition) is 1. The Bertz CT molecular complexity index is 684. The summed E-state index contributed by atoms with van der Waals surface area (Å²) < 4.78 is 42.8. The van der Waals surface area contributed by atoms with Gasteiger partial charge in [0.15, 0.2) is 0 Å². The third-order valence-electron chi connectivity index (χ3n) is 4.05. The zero-order valence-electron chi connectivity index (χ0n) is 13.1. The molecule has 1 aromatic heterocycles. The predicted octanol–water partition coefficient (Wildman–Crippen LogP) is 3.98. The number of halogens is 3. The topological polar surface area (TPSA) is 34.1 Å². The molecule has 2 heterocycles. The van der Waals surface area contributed by atoms with Crippen molar-refractivity contribution in [3.05, 3.63) is 48.3 Å². The number of benzene rings is 1. The summed E-state index contributed by atoms with van der Waals surface area (Å²) >= 11 is 0. The summed E-state index contributed by atoms with van der Waals surface area (Å²) in [5, 5.41) is 3.26. The Morgan fingerprint density at radius 1 is 1.17 bits per heavy atom. The van der Waals surface area contributed by atoms with E-state index in [0.29, 0.717) is 24.0 Å². The molecule has 1 aromatic carbocycles. The molecule has 1 atom stereocenters. The van der Waals surface area contributed by atoms with E-state index in [0.717, 1.165) is 24.1 Å². The Labute approximate surface area is 138 Å². The van der Waals surface area contributed by atoms with Crippen molar-refractivity contribution >= 4 is 0 Å². The molecule has 1 aliphatic rings. The Morgan fingerprint density at radius 3 is 2.71 bits per heavy atom. The lowest BCUT2D eigenvalue weighted by Crippen LogP contribution is -2.46. The molecule has 0 amide bonds. The highest BCUT2D eigenvalue weighted by Gasteiger charge is 2.26. The van der Waals surface area contributed by atoms with Gasteiger partial charge in [0.25, 0.3) is 0 Å². The maximum absolute atomic E-state index is 12.4. The predicted molar refractivity (Wildman–Crippen MR) is 86.0 cm³/mol. The number of pyridine rings is 1. The average Bonchev–Trinajstić information content (AvgIpc) is 2.51. The normalized spacial score (nSPS) is 17.4. The molecule has 0 radical (unpaired) electrons. The van der Waals surface area contributed by atoms with Crippen LogP contribution in [0.1, 0.15) is 18.4 Å². The molecule has 3 rings (SSSR count). The molecule has 1 N–H and O–H groups in total. The molecule has 3 nitrogen and oxygen atoms in total. The highest BCUT2D eigenvalue weighted by molar-refractivity contribution is 5.64. The number of ether oxygens (including phenoxy) is 1. The SMILES string of the molecule is FC(F)(F)CCc1cccc(-c2cncc(OCC3CCN3)c2)c1. The van der Waals surface area contributed by atoms with Crippen LogP contribution in [0.15, 0.2) is 42.7 Å². The van der Waals surface area contributed by atoms with Crippen LogP contribution in [0.5, 0.6) is 5.75 Å². The van der Waals surface area contributed by atoms with Gasteiger partial charge in [-0.15, -0.1) is 0 Å².